The molecule has 0 aromatic heterocycles. The van der Waals surface area contributed by atoms with Crippen molar-refractivity contribution in [2.75, 3.05) is 7.11 Å². The molecule has 1 amide bonds. The molecule has 0 aromatic rings. The molecule has 0 saturated carbocycles. The molecule has 5 atom stereocenters. The topological polar surface area (TPSA) is 100 Å². The van der Waals surface area contributed by atoms with Gasteiger partial charge in [0.2, 0.25) is 5.91 Å². The van der Waals surface area contributed by atoms with Crippen LogP contribution < -0.4 is 5.32 Å². The molecule has 8 nitrogen and oxygen atoms in total. The summed E-state index contributed by atoms with van der Waals surface area (Å²) >= 11 is 0. The van der Waals surface area contributed by atoms with Crippen molar-refractivity contribution < 1.29 is 33.3 Å². The minimum absolute atomic E-state index is 0.315. The van der Waals surface area contributed by atoms with Gasteiger partial charge in [-0.3, -0.25) is 14.4 Å². The fourth-order valence-corrected chi connectivity index (χ4v) is 2.27. The number of carbonyl (C=O) groups excluding carboxylic acids is 3. The van der Waals surface area contributed by atoms with Crippen LogP contribution in [0.15, 0.2) is 0 Å². The lowest BCUT2D eigenvalue weighted by atomic mass is 9.96. The molecule has 1 saturated heterocycles. The quantitative estimate of drug-likeness (QED) is 0.714. The third-order valence-electron chi connectivity index (χ3n) is 3.01. The Labute approximate surface area is 123 Å². The maximum absolute atomic E-state index is 11.3. The second kappa shape index (κ2) is 7.37. The molecule has 1 heterocycles. The highest BCUT2D eigenvalue weighted by atomic mass is 16.7. The van der Waals surface area contributed by atoms with Gasteiger partial charge >= 0.3 is 11.9 Å². The summed E-state index contributed by atoms with van der Waals surface area (Å²) in [6, 6.07) is -0.651. The Balaban J connectivity index is 3.08. The van der Waals surface area contributed by atoms with Crippen LogP contribution in [0.3, 0.4) is 0 Å². The summed E-state index contributed by atoms with van der Waals surface area (Å²) in [7, 11) is 1.39. The van der Waals surface area contributed by atoms with E-state index in [1.165, 1.54) is 27.9 Å². The number of carbonyl (C=O) groups is 3. The number of esters is 2. The van der Waals surface area contributed by atoms with E-state index < -0.39 is 42.6 Å². The zero-order valence-corrected chi connectivity index (χ0v) is 12.7. The minimum atomic E-state index is -0.968. The van der Waals surface area contributed by atoms with Crippen molar-refractivity contribution in [3.63, 3.8) is 0 Å². The van der Waals surface area contributed by atoms with Crippen LogP contribution in [0.1, 0.15) is 27.7 Å². The van der Waals surface area contributed by atoms with Gasteiger partial charge in [0.1, 0.15) is 0 Å². The lowest BCUT2D eigenvalue weighted by Gasteiger charge is -2.43. The van der Waals surface area contributed by atoms with Gasteiger partial charge in [-0.15, -0.1) is 0 Å². The fourth-order valence-electron chi connectivity index (χ4n) is 2.27. The second-order valence-corrected chi connectivity index (χ2v) is 4.82. The Morgan fingerprint density at radius 1 is 1.00 bits per heavy atom. The molecule has 0 bridgehead atoms. The molecule has 1 unspecified atom stereocenters. The van der Waals surface area contributed by atoms with Crippen LogP contribution in [0.25, 0.3) is 0 Å². The van der Waals surface area contributed by atoms with Crippen molar-refractivity contribution in [3.8, 4) is 0 Å². The van der Waals surface area contributed by atoms with Crippen LogP contribution in [-0.4, -0.2) is 55.6 Å². The highest BCUT2D eigenvalue weighted by molar-refractivity contribution is 5.73. The molecule has 8 heteroatoms. The summed E-state index contributed by atoms with van der Waals surface area (Å²) in [6.45, 7) is 5.49. The molecule has 0 aliphatic carbocycles. The van der Waals surface area contributed by atoms with Crippen LogP contribution in [0, 0.1) is 0 Å². The first-order valence-corrected chi connectivity index (χ1v) is 6.56. The van der Waals surface area contributed by atoms with Crippen molar-refractivity contribution in [3.05, 3.63) is 0 Å². The first kappa shape index (κ1) is 17.4. The Bertz CT molecular complexity index is 411. The van der Waals surface area contributed by atoms with Crippen LogP contribution in [0.2, 0.25) is 0 Å². The summed E-state index contributed by atoms with van der Waals surface area (Å²) in [6.07, 6.45) is -3.25. The predicted molar refractivity (Wildman–Crippen MR) is 70.1 cm³/mol. The van der Waals surface area contributed by atoms with Crippen LogP contribution in [-0.2, 0) is 33.3 Å². The smallest absolute Gasteiger partial charge is 0.303 e. The number of amides is 1. The number of hydrogen-bond acceptors (Lipinski definition) is 7. The minimum Gasteiger partial charge on any atom is -0.456 e. The van der Waals surface area contributed by atoms with Gasteiger partial charge in [0, 0.05) is 27.9 Å². The van der Waals surface area contributed by atoms with Crippen molar-refractivity contribution in [2.24, 2.45) is 0 Å². The third kappa shape index (κ3) is 4.68. The molecular weight excluding hydrogens is 282 g/mol. The highest BCUT2D eigenvalue weighted by Gasteiger charge is 2.49. The zero-order valence-electron chi connectivity index (χ0n) is 12.7. The molecule has 1 N–H and O–H groups in total. The normalized spacial score (nSPS) is 32.1. The van der Waals surface area contributed by atoms with Crippen molar-refractivity contribution in [1.82, 2.24) is 5.32 Å². The van der Waals surface area contributed by atoms with E-state index in [-0.39, 0.29) is 5.91 Å². The first-order valence-electron chi connectivity index (χ1n) is 6.56. The standard InChI is InChI=1S/C13H21NO7/c1-6-10(14-7(2)15)11(20-8(3)16)12(21-9(4)17)13(18-5)19-6/h6,10-13H,1-5H3,(H,14,15)/t6-,10-,11+,12+,13?/m1/s1. The highest BCUT2D eigenvalue weighted by Crippen LogP contribution is 2.26. The van der Waals surface area contributed by atoms with Crippen LogP contribution in [0.4, 0.5) is 0 Å². The van der Waals surface area contributed by atoms with Gasteiger partial charge in [0.15, 0.2) is 18.5 Å². The molecule has 0 aromatic carbocycles. The second-order valence-electron chi connectivity index (χ2n) is 4.82. The summed E-state index contributed by atoms with van der Waals surface area (Å²) in [5, 5.41) is 2.65. The summed E-state index contributed by atoms with van der Waals surface area (Å²) in [5.41, 5.74) is 0. The average molecular weight is 303 g/mol. The molecule has 21 heavy (non-hydrogen) atoms. The van der Waals surface area contributed by atoms with Gasteiger partial charge < -0.3 is 24.3 Å². The molecular formula is C13H21NO7. The maximum Gasteiger partial charge on any atom is 0.303 e. The largest absolute Gasteiger partial charge is 0.456 e. The SMILES string of the molecule is COC1O[C@H](C)[C@@H](NC(C)=O)[C@H](OC(C)=O)[C@@H]1OC(C)=O. The number of hydrogen-bond donors (Lipinski definition) is 1. The van der Waals surface area contributed by atoms with Crippen molar-refractivity contribution in [1.29, 1.82) is 0 Å². The molecule has 1 aliphatic heterocycles. The molecule has 120 valence electrons. The summed E-state index contributed by atoms with van der Waals surface area (Å²) in [4.78, 5) is 33.9. The number of rotatable bonds is 4. The van der Waals surface area contributed by atoms with Gasteiger partial charge in [0.25, 0.3) is 0 Å². The number of nitrogens with one attached hydrogen (secondary N) is 1. The predicted octanol–water partition coefficient (Wildman–Crippen LogP) is -0.254. The van der Waals surface area contributed by atoms with E-state index in [1.54, 1.807) is 6.92 Å². The van der Waals surface area contributed by atoms with Gasteiger partial charge in [-0.2, -0.15) is 0 Å². The Morgan fingerprint density at radius 2 is 1.52 bits per heavy atom. The first-order chi connectivity index (χ1) is 9.76. The molecule has 1 fully saturated rings. The Hall–Kier alpha value is -1.67. The van der Waals surface area contributed by atoms with Gasteiger partial charge in [0.05, 0.1) is 12.1 Å². The summed E-state index contributed by atoms with van der Waals surface area (Å²) in [5.74, 6) is -1.44. The Kier molecular flexibility index (Phi) is 6.10. The monoisotopic (exact) mass is 303 g/mol. The van der Waals surface area contributed by atoms with Gasteiger partial charge in [-0.25, -0.2) is 0 Å². The van der Waals surface area contributed by atoms with E-state index in [9.17, 15) is 14.4 Å². The van der Waals surface area contributed by atoms with Gasteiger partial charge in [-0.05, 0) is 6.92 Å². The lowest BCUT2D eigenvalue weighted by molar-refractivity contribution is -0.272. The maximum atomic E-state index is 11.3. The fraction of sp³-hybridized carbons (Fsp3) is 0.769. The number of methoxy groups -OCH3 is 1. The number of ether oxygens (including phenoxy) is 4. The van der Waals surface area contributed by atoms with E-state index in [4.69, 9.17) is 18.9 Å². The zero-order chi connectivity index (χ0) is 16.2. The molecule has 0 spiro atoms. The van der Waals surface area contributed by atoms with Crippen LogP contribution in [0.5, 0.6) is 0 Å². The molecule has 1 aliphatic rings. The van der Waals surface area contributed by atoms with E-state index in [0.717, 1.165) is 0 Å². The van der Waals surface area contributed by atoms with Gasteiger partial charge in [-0.1, -0.05) is 0 Å². The average Bonchev–Trinajstić information content (AvgIpc) is 2.35. The molecule has 1 rings (SSSR count). The molecule has 0 radical (unpaired) electrons. The Morgan fingerprint density at radius 3 is 1.95 bits per heavy atom. The van der Waals surface area contributed by atoms with Crippen molar-refractivity contribution in [2.45, 2.75) is 58.3 Å². The summed E-state index contributed by atoms with van der Waals surface area (Å²) < 4.78 is 21.1. The lowest BCUT2D eigenvalue weighted by Crippen LogP contribution is -2.64. The van der Waals surface area contributed by atoms with E-state index in [0.29, 0.717) is 0 Å². The van der Waals surface area contributed by atoms with E-state index in [2.05, 4.69) is 5.32 Å². The third-order valence-corrected chi connectivity index (χ3v) is 3.01. The van der Waals surface area contributed by atoms with Crippen LogP contribution >= 0.6 is 0 Å². The van der Waals surface area contributed by atoms with E-state index >= 15 is 0 Å². The van der Waals surface area contributed by atoms with E-state index in [1.807, 2.05) is 0 Å². The van der Waals surface area contributed by atoms with Crippen molar-refractivity contribution >= 4 is 17.8 Å².